The Balaban J connectivity index is 1.65. The van der Waals surface area contributed by atoms with Gasteiger partial charge in [0.05, 0.1) is 0 Å². The molecule has 0 heterocycles. The van der Waals surface area contributed by atoms with Gasteiger partial charge in [-0.25, -0.2) is 0 Å². The zero-order chi connectivity index (χ0) is 22.2. The number of nitrogens with zero attached hydrogens (tertiary/aromatic N) is 1. The van der Waals surface area contributed by atoms with Gasteiger partial charge in [0.25, 0.3) is 0 Å². The fourth-order valence-corrected chi connectivity index (χ4v) is 5.15. The number of thioether (sulfide) groups is 1. The van der Waals surface area contributed by atoms with Crippen LogP contribution in [0.1, 0.15) is 44.6 Å². The van der Waals surface area contributed by atoms with E-state index < -0.39 is 6.04 Å². The van der Waals surface area contributed by atoms with Gasteiger partial charge in [-0.1, -0.05) is 52.5 Å². The molecular weight excluding hydrogens is 496 g/mol. The third kappa shape index (κ3) is 7.55. The lowest BCUT2D eigenvalue weighted by molar-refractivity contribution is -0.140. The van der Waals surface area contributed by atoms with E-state index in [0.29, 0.717) is 23.7 Å². The van der Waals surface area contributed by atoms with Crippen LogP contribution in [0.25, 0.3) is 0 Å². The van der Waals surface area contributed by atoms with Crippen LogP contribution < -0.4 is 5.32 Å². The lowest BCUT2D eigenvalue weighted by Crippen LogP contribution is -2.49. The molecule has 1 aliphatic carbocycles. The smallest absolute Gasteiger partial charge is 0.242 e. The summed E-state index contributed by atoms with van der Waals surface area (Å²) in [5.74, 6) is 0.558. The average Bonchev–Trinajstić information content (AvgIpc) is 3.26. The van der Waals surface area contributed by atoms with Gasteiger partial charge < -0.3 is 10.2 Å². The molecule has 31 heavy (non-hydrogen) atoms. The fourth-order valence-electron chi connectivity index (χ4n) is 3.74. The Morgan fingerprint density at radius 2 is 1.90 bits per heavy atom. The van der Waals surface area contributed by atoms with E-state index in [0.717, 1.165) is 40.6 Å². The van der Waals surface area contributed by atoms with Crippen LogP contribution in [0.3, 0.4) is 0 Å². The van der Waals surface area contributed by atoms with Crippen LogP contribution in [-0.4, -0.2) is 34.6 Å². The fraction of sp³-hybridized carbons (Fsp3) is 0.417. The summed E-state index contributed by atoms with van der Waals surface area (Å²) in [5.41, 5.74) is 0.994. The highest BCUT2D eigenvalue weighted by Crippen LogP contribution is 2.23. The molecule has 1 fully saturated rings. The summed E-state index contributed by atoms with van der Waals surface area (Å²) < 4.78 is 0.957. The third-order valence-corrected chi connectivity index (χ3v) is 7.27. The van der Waals surface area contributed by atoms with E-state index >= 15 is 0 Å². The Bertz CT molecular complexity index is 887. The summed E-state index contributed by atoms with van der Waals surface area (Å²) in [6, 6.07) is 15.2. The van der Waals surface area contributed by atoms with E-state index in [1.165, 1.54) is 0 Å². The first kappa shape index (κ1) is 24.1. The van der Waals surface area contributed by atoms with Crippen molar-refractivity contribution in [1.29, 1.82) is 0 Å². The second kappa shape index (κ2) is 11.9. The number of carbonyl (C=O) groups is 2. The van der Waals surface area contributed by atoms with Gasteiger partial charge in [-0.05, 0) is 61.7 Å². The van der Waals surface area contributed by atoms with Crippen molar-refractivity contribution in [3.8, 4) is 0 Å². The minimum absolute atomic E-state index is 0.0180. The monoisotopic (exact) mass is 522 g/mol. The molecule has 7 heteroatoms. The molecular formula is C24H28BrClN2O2S. The second-order valence-electron chi connectivity index (χ2n) is 7.87. The molecule has 0 saturated heterocycles. The third-order valence-electron chi connectivity index (χ3n) is 5.51. The molecule has 0 aliphatic heterocycles. The number of amides is 2. The van der Waals surface area contributed by atoms with E-state index in [1.807, 2.05) is 55.5 Å². The topological polar surface area (TPSA) is 49.4 Å². The van der Waals surface area contributed by atoms with Gasteiger partial charge in [-0.3, -0.25) is 9.59 Å². The predicted molar refractivity (Wildman–Crippen MR) is 131 cm³/mol. The minimum Gasteiger partial charge on any atom is -0.352 e. The maximum absolute atomic E-state index is 13.2. The lowest BCUT2D eigenvalue weighted by atomic mass is 10.1. The molecule has 1 atom stereocenters. The maximum atomic E-state index is 13.2. The van der Waals surface area contributed by atoms with Crippen LogP contribution in [0.2, 0.25) is 5.02 Å². The van der Waals surface area contributed by atoms with Crippen molar-refractivity contribution in [1.82, 2.24) is 10.2 Å². The lowest BCUT2D eigenvalue weighted by Gasteiger charge is -2.30. The van der Waals surface area contributed by atoms with Gasteiger partial charge in [0.15, 0.2) is 0 Å². The Labute approximate surface area is 202 Å². The van der Waals surface area contributed by atoms with Crippen molar-refractivity contribution in [3.05, 3.63) is 63.6 Å². The number of rotatable bonds is 9. The van der Waals surface area contributed by atoms with E-state index in [9.17, 15) is 9.59 Å². The van der Waals surface area contributed by atoms with Gasteiger partial charge in [-0.2, -0.15) is 0 Å². The molecule has 0 aromatic heterocycles. The second-order valence-corrected chi connectivity index (χ2v) is 10.4. The molecule has 2 aromatic carbocycles. The Hall–Kier alpha value is -1.50. The normalized spacial score (nSPS) is 14.9. The van der Waals surface area contributed by atoms with Crippen molar-refractivity contribution in [2.75, 3.05) is 5.75 Å². The summed E-state index contributed by atoms with van der Waals surface area (Å²) in [5, 5.41) is 3.84. The predicted octanol–water partition coefficient (Wildman–Crippen LogP) is 6.06. The van der Waals surface area contributed by atoms with Crippen molar-refractivity contribution in [2.24, 2.45) is 0 Å². The molecule has 0 spiro atoms. The molecule has 4 nitrogen and oxygen atoms in total. The summed E-state index contributed by atoms with van der Waals surface area (Å²) in [6.45, 7) is 2.23. The van der Waals surface area contributed by atoms with Crippen LogP contribution >= 0.6 is 39.3 Å². The van der Waals surface area contributed by atoms with Crippen molar-refractivity contribution in [3.63, 3.8) is 0 Å². The number of benzene rings is 2. The molecule has 1 saturated carbocycles. The van der Waals surface area contributed by atoms with E-state index in [-0.39, 0.29) is 17.9 Å². The van der Waals surface area contributed by atoms with Gasteiger partial charge >= 0.3 is 0 Å². The Morgan fingerprint density at radius 1 is 1.19 bits per heavy atom. The van der Waals surface area contributed by atoms with Gasteiger partial charge in [0.2, 0.25) is 11.8 Å². The number of hydrogen-bond donors (Lipinski definition) is 1. The summed E-state index contributed by atoms with van der Waals surface area (Å²) in [7, 11) is 0. The zero-order valence-corrected chi connectivity index (χ0v) is 20.8. The van der Waals surface area contributed by atoms with Crippen LogP contribution in [-0.2, 0) is 16.1 Å². The van der Waals surface area contributed by atoms with Crippen molar-refractivity contribution in [2.45, 2.75) is 62.6 Å². The number of hydrogen-bond acceptors (Lipinski definition) is 3. The van der Waals surface area contributed by atoms with E-state index in [4.69, 9.17) is 11.6 Å². The van der Waals surface area contributed by atoms with Crippen molar-refractivity contribution >= 4 is 51.1 Å². The number of carbonyl (C=O) groups excluding carboxylic acids is 2. The number of nitrogens with one attached hydrogen (secondary N) is 1. The average molecular weight is 524 g/mol. The first-order valence-corrected chi connectivity index (χ1v) is 12.8. The molecule has 0 unspecified atom stereocenters. The van der Waals surface area contributed by atoms with E-state index in [2.05, 4.69) is 21.2 Å². The Morgan fingerprint density at radius 3 is 2.58 bits per heavy atom. The van der Waals surface area contributed by atoms with Crippen LogP contribution in [0.15, 0.2) is 57.9 Å². The van der Waals surface area contributed by atoms with E-state index in [1.54, 1.807) is 16.7 Å². The largest absolute Gasteiger partial charge is 0.352 e. The molecule has 166 valence electrons. The van der Waals surface area contributed by atoms with Crippen LogP contribution in [0.5, 0.6) is 0 Å². The summed E-state index contributed by atoms with van der Waals surface area (Å²) >= 11 is 11.0. The first-order valence-electron chi connectivity index (χ1n) is 10.6. The zero-order valence-electron chi connectivity index (χ0n) is 17.7. The molecule has 0 bridgehead atoms. The quantitative estimate of drug-likeness (QED) is 0.406. The Kier molecular flexibility index (Phi) is 9.30. The minimum atomic E-state index is -0.521. The van der Waals surface area contributed by atoms with Crippen molar-refractivity contribution < 1.29 is 9.59 Å². The highest BCUT2D eigenvalue weighted by molar-refractivity contribution is 9.10. The molecule has 2 aromatic rings. The molecule has 2 amide bonds. The standard InChI is InChI=1S/C24H28BrClN2O2S/c1-17(24(30)27-21-7-2-3-8-21)28(16-18-5-4-6-19(25)15-18)23(29)13-14-31-22-11-9-20(26)10-12-22/h4-6,9-12,15,17,21H,2-3,7-8,13-14,16H2,1H3,(H,27,30)/t17-/m0/s1. The van der Waals surface area contributed by atoms with Crippen LogP contribution in [0.4, 0.5) is 0 Å². The van der Waals surface area contributed by atoms with Gasteiger partial charge in [0, 0.05) is 39.2 Å². The molecule has 0 radical (unpaired) electrons. The SMILES string of the molecule is C[C@@H](C(=O)NC1CCCC1)N(Cc1cccc(Br)c1)C(=O)CCSc1ccc(Cl)cc1. The summed E-state index contributed by atoms with van der Waals surface area (Å²) in [6.07, 6.45) is 4.72. The number of halogens is 2. The molecule has 1 aliphatic rings. The first-order chi connectivity index (χ1) is 14.9. The highest BCUT2D eigenvalue weighted by atomic mass is 79.9. The highest BCUT2D eigenvalue weighted by Gasteiger charge is 2.28. The van der Waals surface area contributed by atoms with Crippen LogP contribution in [0, 0.1) is 0 Å². The summed E-state index contributed by atoms with van der Waals surface area (Å²) in [4.78, 5) is 28.8. The molecule has 1 N–H and O–H groups in total. The van der Waals surface area contributed by atoms with Gasteiger partial charge in [-0.15, -0.1) is 11.8 Å². The maximum Gasteiger partial charge on any atom is 0.242 e. The molecule has 3 rings (SSSR count). The van der Waals surface area contributed by atoms with Gasteiger partial charge in [0.1, 0.15) is 6.04 Å².